The third kappa shape index (κ3) is 4.15. The van der Waals surface area contributed by atoms with E-state index in [0.29, 0.717) is 30.3 Å². The molecule has 4 aromatic heterocycles. The van der Waals surface area contributed by atoms with Gasteiger partial charge in [-0.3, -0.25) is 5.41 Å². The van der Waals surface area contributed by atoms with Gasteiger partial charge in [0.1, 0.15) is 22.7 Å². The molecule has 38 heavy (non-hydrogen) atoms. The Kier molecular flexibility index (Phi) is 6.57. The maximum Gasteiger partial charge on any atom is 0.235 e. The molecule has 6 rings (SSSR count). The van der Waals surface area contributed by atoms with Crippen LogP contribution in [0.15, 0.2) is 15.6 Å². The fourth-order valence-electron chi connectivity index (χ4n) is 5.93. The van der Waals surface area contributed by atoms with Crippen LogP contribution in [-0.2, 0) is 4.74 Å². The van der Waals surface area contributed by atoms with Crippen molar-refractivity contribution in [2.45, 2.75) is 71.3 Å². The molecule has 9 nitrogen and oxygen atoms in total. The molecule has 5 heterocycles. The Morgan fingerprint density at radius 3 is 2.61 bits per heavy atom. The average Bonchev–Trinajstić information content (AvgIpc) is 3.58. The molecule has 2 fully saturated rings. The topological polar surface area (TPSA) is 128 Å². The maximum atomic E-state index is 7.34. The molecule has 4 aromatic rings. The molecule has 1 aliphatic carbocycles. The summed E-state index contributed by atoms with van der Waals surface area (Å²) in [5, 5.41) is 20.8. The lowest BCUT2D eigenvalue weighted by Gasteiger charge is -2.33. The van der Waals surface area contributed by atoms with Crippen LogP contribution in [-0.4, -0.2) is 46.3 Å². The van der Waals surface area contributed by atoms with Crippen LogP contribution in [0.5, 0.6) is 0 Å². The van der Waals surface area contributed by atoms with Gasteiger partial charge in [0.2, 0.25) is 11.8 Å². The highest BCUT2D eigenvalue weighted by atomic mass is 32.1. The number of nitrogens with one attached hydrogen (secondary N) is 4. The number of hydrogen-bond acceptors (Lipinski definition) is 7. The SMILES string of the molecule is Cc1c(-c2[nH]c3sc([C@H]4C[C@H](c5nnc([C@H]6COCCN6)o5)C4)c(C)c3c2C(C)C)c[nH]/c(=N\C=N)c1C. The molecule has 1 saturated heterocycles. The number of pyridine rings is 1. The number of fused-ring (bicyclic) bond motifs is 1. The smallest absolute Gasteiger partial charge is 0.235 e. The second-order valence-electron chi connectivity index (χ2n) is 10.8. The molecular formula is C28H35N7O2S. The minimum absolute atomic E-state index is 0.00322. The zero-order valence-corrected chi connectivity index (χ0v) is 23.4. The summed E-state index contributed by atoms with van der Waals surface area (Å²) in [6, 6.07) is -0.00322. The second-order valence-corrected chi connectivity index (χ2v) is 11.9. The molecule has 1 atom stereocenters. The van der Waals surface area contributed by atoms with E-state index in [1.165, 1.54) is 37.5 Å². The fraction of sp³-hybridized carbons (Fsp3) is 0.500. The van der Waals surface area contributed by atoms with Gasteiger partial charge in [-0.2, -0.15) is 0 Å². The van der Waals surface area contributed by atoms with Gasteiger partial charge in [-0.05, 0) is 67.7 Å². The molecule has 2 aliphatic rings. The lowest BCUT2D eigenvalue weighted by Crippen LogP contribution is -2.34. The summed E-state index contributed by atoms with van der Waals surface area (Å²) in [4.78, 5) is 14.0. The molecule has 0 unspecified atom stereocenters. The first-order valence-corrected chi connectivity index (χ1v) is 14.2. The van der Waals surface area contributed by atoms with Crippen LogP contribution >= 0.6 is 11.3 Å². The highest BCUT2D eigenvalue weighted by Crippen LogP contribution is 2.53. The Morgan fingerprint density at radius 2 is 1.89 bits per heavy atom. The van der Waals surface area contributed by atoms with Crippen LogP contribution in [0.1, 0.15) is 89.4 Å². The van der Waals surface area contributed by atoms with Crippen molar-refractivity contribution >= 4 is 27.9 Å². The van der Waals surface area contributed by atoms with E-state index in [-0.39, 0.29) is 6.04 Å². The Hall–Kier alpha value is -3.08. The summed E-state index contributed by atoms with van der Waals surface area (Å²) < 4.78 is 11.6. The molecule has 0 amide bonds. The number of hydrogen-bond donors (Lipinski definition) is 4. The van der Waals surface area contributed by atoms with Gasteiger partial charge < -0.3 is 24.4 Å². The zero-order valence-electron chi connectivity index (χ0n) is 22.6. The molecule has 10 heteroatoms. The number of thiophene rings is 1. The van der Waals surface area contributed by atoms with Gasteiger partial charge in [0.25, 0.3) is 0 Å². The third-order valence-electron chi connectivity index (χ3n) is 8.21. The summed E-state index contributed by atoms with van der Waals surface area (Å²) in [6.07, 6.45) is 5.18. The van der Waals surface area contributed by atoms with Gasteiger partial charge in [0, 0.05) is 34.5 Å². The number of H-pyrrole nitrogens is 2. The number of aromatic amines is 2. The van der Waals surface area contributed by atoms with E-state index in [4.69, 9.17) is 14.6 Å². The van der Waals surface area contributed by atoms with Crippen LogP contribution in [0.2, 0.25) is 0 Å². The number of nitrogens with zero attached hydrogens (tertiary/aromatic N) is 3. The van der Waals surface area contributed by atoms with Gasteiger partial charge in [0.05, 0.1) is 18.9 Å². The van der Waals surface area contributed by atoms with Crippen LogP contribution in [0, 0.1) is 26.2 Å². The van der Waals surface area contributed by atoms with Crippen molar-refractivity contribution < 1.29 is 9.15 Å². The van der Waals surface area contributed by atoms with E-state index in [1.54, 1.807) is 0 Å². The van der Waals surface area contributed by atoms with E-state index < -0.39 is 0 Å². The Balaban J connectivity index is 1.28. The molecule has 200 valence electrons. The van der Waals surface area contributed by atoms with E-state index in [0.717, 1.165) is 54.8 Å². The van der Waals surface area contributed by atoms with Crippen LogP contribution in [0.25, 0.3) is 21.5 Å². The van der Waals surface area contributed by atoms with E-state index in [1.807, 2.05) is 17.5 Å². The normalized spacial score (nSPS) is 22.4. The third-order valence-corrected chi connectivity index (χ3v) is 9.58. The van der Waals surface area contributed by atoms with Gasteiger partial charge in [0.15, 0.2) is 0 Å². The van der Waals surface area contributed by atoms with Gasteiger partial charge in [-0.1, -0.05) is 13.8 Å². The standard InChI is InChI=1S/C28H35N7O2S/c1-13(2)21-22-16(5)24(17-8-18(9-17)26-34-35-27(37-26)20-11-36-7-6-30-20)38-28(22)33-23(21)19-10-31-25(32-12-29)15(4)14(19)3/h10,12-13,17-18,20,30,33H,6-9,11H2,1-5H3,(H2,29,31,32)/t17-,18-,20-/m1/s1. The van der Waals surface area contributed by atoms with Crippen molar-refractivity contribution in [1.29, 1.82) is 5.41 Å². The maximum absolute atomic E-state index is 7.34. The van der Waals surface area contributed by atoms with Crippen molar-refractivity contribution in [3.05, 3.63) is 50.6 Å². The van der Waals surface area contributed by atoms with Crippen molar-refractivity contribution in [3.63, 3.8) is 0 Å². The van der Waals surface area contributed by atoms with Crippen molar-refractivity contribution in [1.82, 2.24) is 25.5 Å². The van der Waals surface area contributed by atoms with Gasteiger partial charge >= 0.3 is 0 Å². The number of aromatic nitrogens is 4. The van der Waals surface area contributed by atoms with Crippen LogP contribution in [0.4, 0.5) is 0 Å². The molecule has 0 spiro atoms. The minimum atomic E-state index is -0.00322. The summed E-state index contributed by atoms with van der Waals surface area (Å²) >= 11 is 1.89. The van der Waals surface area contributed by atoms with E-state index >= 15 is 0 Å². The monoisotopic (exact) mass is 533 g/mol. The second kappa shape index (κ2) is 9.91. The number of rotatable bonds is 6. The van der Waals surface area contributed by atoms with Crippen molar-refractivity contribution in [2.75, 3.05) is 19.8 Å². The summed E-state index contributed by atoms with van der Waals surface area (Å²) in [5.74, 6) is 2.60. The first kappa shape index (κ1) is 25.2. The molecule has 1 saturated carbocycles. The highest BCUT2D eigenvalue weighted by Gasteiger charge is 2.38. The Labute approximate surface area is 225 Å². The van der Waals surface area contributed by atoms with E-state index in [2.05, 4.69) is 65.1 Å². The quantitative estimate of drug-likeness (QED) is 0.193. The largest absolute Gasteiger partial charge is 0.423 e. The average molecular weight is 534 g/mol. The van der Waals surface area contributed by atoms with Gasteiger partial charge in [-0.25, -0.2) is 4.99 Å². The van der Waals surface area contributed by atoms with Crippen molar-refractivity contribution in [3.8, 4) is 11.3 Å². The fourth-order valence-corrected chi connectivity index (χ4v) is 7.29. The number of ether oxygens (including phenoxy) is 1. The predicted molar refractivity (Wildman–Crippen MR) is 149 cm³/mol. The van der Waals surface area contributed by atoms with Crippen molar-refractivity contribution in [2.24, 2.45) is 4.99 Å². The molecule has 0 bridgehead atoms. The first-order valence-electron chi connectivity index (χ1n) is 13.4. The Morgan fingerprint density at radius 1 is 1.11 bits per heavy atom. The molecule has 0 radical (unpaired) electrons. The summed E-state index contributed by atoms with van der Waals surface area (Å²) in [6.45, 7) is 13.1. The number of aryl methyl sites for hydroxylation is 1. The molecular weight excluding hydrogens is 498 g/mol. The summed E-state index contributed by atoms with van der Waals surface area (Å²) in [7, 11) is 0. The minimum Gasteiger partial charge on any atom is -0.423 e. The number of morpholine rings is 1. The van der Waals surface area contributed by atoms with E-state index in [9.17, 15) is 0 Å². The van der Waals surface area contributed by atoms with Crippen LogP contribution in [0.3, 0.4) is 0 Å². The lowest BCUT2D eigenvalue weighted by molar-refractivity contribution is 0.0672. The van der Waals surface area contributed by atoms with Gasteiger partial charge in [-0.15, -0.1) is 21.5 Å². The highest BCUT2D eigenvalue weighted by molar-refractivity contribution is 7.19. The lowest BCUT2D eigenvalue weighted by atomic mass is 9.73. The Bertz CT molecular complexity index is 1560. The molecule has 0 aromatic carbocycles. The first-order chi connectivity index (χ1) is 18.4. The molecule has 4 N–H and O–H groups in total. The van der Waals surface area contributed by atoms with Crippen LogP contribution < -0.4 is 10.8 Å². The summed E-state index contributed by atoms with van der Waals surface area (Å²) in [5.41, 5.74) is 8.07. The predicted octanol–water partition coefficient (Wildman–Crippen LogP) is 5.49. The zero-order chi connectivity index (χ0) is 26.6. The molecule has 1 aliphatic heterocycles.